The number of hydrogen-bond donors (Lipinski definition) is 0. The topological polar surface area (TPSA) is 26.3 Å². The number of rotatable bonds is 4. The molecule has 1 rings (SSSR count). The molecule has 0 aliphatic heterocycles. The fourth-order valence-electron chi connectivity index (χ4n) is 1.27. The molecule has 0 aliphatic carbocycles. The molecular formula is C11H12F2O2. The van der Waals surface area contributed by atoms with Crippen LogP contribution in [-0.4, -0.2) is 12.4 Å². The zero-order valence-corrected chi connectivity index (χ0v) is 8.59. The van der Waals surface area contributed by atoms with Gasteiger partial charge in [-0.1, -0.05) is 13.0 Å². The Morgan fingerprint density at radius 3 is 2.60 bits per heavy atom. The van der Waals surface area contributed by atoms with Gasteiger partial charge in [0.15, 0.2) is 5.78 Å². The highest BCUT2D eigenvalue weighted by Crippen LogP contribution is 2.23. The number of Topliss-reactive ketones (excluding diaryl/α,β-unsaturated/α-hetero) is 1. The van der Waals surface area contributed by atoms with Gasteiger partial charge >= 0.3 is 6.61 Å². The standard InChI is InChI=1S/C11H12F2O2/c1-3-8-4-5-9(7(2)14)10(6-8)15-11(12)13/h4-6,11H,3H2,1-2H3. The van der Waals surface area contributed by atoms with Crippen molar-refractivity contribution >= 4 is 5.78 Å². The summed E-state index contributed by atoms with van der Waals surface area (Å²) < 4.78 is 28.4. The monoisotopic (exact) mass is 214 g/mol. The molecule has 1 aromatic carbocycles. The highest BCUT2D eigenvalue weighted by molar-refractivity contribution is 5.96. The molecule has 0 N–H and O–H groups in total. The average molecular weight is 214 g/mol. The number of aryl methyl sites for hydroxylation is 1. The molecule has 0 aliphatic rings. The van der Waals surface area contributed by atoms with Crippen molar-refractivity contribution < 1.29 is 18.3 Å². The summed E-state index contributed by atoms with van der Waals surface area (Å²) in [4.78, 5) is 11.1. The van der Waals surface area contributed by atoms with E-state index in [2.05, 4.69) is 4.74 Å². The summed E-state index contributed by atoms with van der Waals surface area (Å²) in [5.41, 5.74) is 1.04. The second-order valence-electron chi connectivity index (χ2n) is 3.12. The van der Waals surface area contributed by atoms with E-state index in [1.54, 1.807) is 6.07 Å². The van der Waals surface area contributed by atoms with Crippen LogP contribution in [0, 0.1) is 0 Å². The van der Waals surface area contributed by atoms with Crippen LogP contribution in [0.4, 0.5) is 8.78 Å². The zero-order valence-electron chi connectivity index (χ0n) is 8.59. The Balaban J connectivity index is 3.10. The minimum atomic E-state index is -2.91. The van der Waals surface area contributed by atoms with E-state index in [4.69, 9.17) is 0 Å². The smallest absolute Gasteiger partial charge is 0.387 e. The first kappa shape index (κ1) is 11.6. The molecule has 0 atom stereocenters. The van der Waals surface area contributed by atoms with E-state index >= 15 is 0 Å². The SMILES string of the molecule is CCc1ccc(C(C)=O)c(OC(F)F)c1. The van der Waals surface area contributed by atoms with E-state index in [0.717, 1.165) is 5.56 Å². The third-order valence-corrected chi connectivity index (χ3v) is 2.05. The van der Waals surface area contributed by atoms with Gasteiger partial charge in [-0.2, -0.15) is 8.78 Å². The van der Waals surface area contributed by atoms with Gasteiger partial charge in [-0.15, -0.1) is 0 Å². The molecule has 2 nitrogen and oxygen atoms in total. The van der Waals surface area contributed by atoms with E-state index < -0.39 is 6.61 Å². The molecule has 0 aromatic heterocycles. The Morgan fingerprint density at radius 1 is 1.47 bits per heavy atom. The molecule has 0 unspecified atom stereocenters. The number of ketones is 1. The van der Waals surface area contributed by atoms with Crippen molar-refractivity contribution in [1.29, 1.82) is 0 Å². The Labute approximate surface area is 86.9 Å². The Morgan fingerprint density at radius 2 is 2.13 bits per heavy atom. The normalized spacial score (nSPS) is 10.5. The summed E-state index contributed by atoms with van der Waals surface area (Å²) in [7, 11) is 0. The second kappa shape index (κ2) is 4.87. The van der Waals surface area contributed by atoms with Crippen molar-refractivity contribution in [3.8, 4) is 5.75 Å². The van der Waals surface area contributed by atoms with Crippen LogP contribution in [0.5, 0.6) is 5.75 Å². The van der Waals surface area contributed by atoms with Crippen LogP contribution >= 0.6 is 0 Å². The zero-order chi connectivity index (χ0) is 11.4. The second-order valence-corrected chi connectivity index (χ2v) is 3.12. The van der Waals surface area contributed by atoms with Gasteiger partial charge in [0.1, 0.15) is 5.75 Å². The lowest BCUT2D eigenvalue weighted by Crippen LogP contribution is -2.07. The van der Waals surface area contributed by atoms with Crippen LogP contribution in [-0.2, 0) is 6.42 Å². The third-order valence-electron chi connectivity index (χ3n) is 2.05. The van der Waals surface area contributed by atoms with Gasteiger partial charge < -0.3 is 4.74 Å². The van der Waals surface area contributed by atoms with Crippen molar-refractivity contribution in [3.63, 3.8) is 0 Å². The average Bonchev–Trinajstić information content (AvgIpc) is 2.16. The molecule has 0 fully saturated rings. The fraction of sp³-hybridized carbons (Fsp3) is 0.364. The molecule has 0 bridgehead atoms. The van der Waals surface area contributed by atoms with Crippen molar-refractivity contribution in [2.45, 2.75) is 26.9 Å². The largest absolute Gasteiger partial charge is 0.434 e. The van der Waals surface area contributed by atoms with E-state index in [1.807, 2.05) is 6.92 Å². The minimum absolute atomic E-state index is 0.0446. The summed E-state index contributed by atoms with van der Waals surface area (Å²) in [6.45, 7) is 0.309. The van der Waals surface area contributed by atoms with Gasteiger partial charge in [0, 0.05) is 0 Å². The van der Waals surface area contributed by atoms with Crippen LogP contribution < -0.4 is 4.74 Å². The highest BCUT2D eigenvalue weighted by Gasteiger charge is 2.13. The summed E-state index contributed by atoms with van der Waals surface area (Å²) in [6, 6.07) is 4.72. The lowest BCUT2D eigenvalue weighted by atomic mass is 10.1. The van der Waals surface area contributed by atoms with Crippen molar-refractivity contribution in [1.82, 2.24) is 0 Å². The molecule has 82 valence electrons. The third kappa shape index (κ3) is 3.01. The lowest BCUT2D eigenvalue weighted by molar-refractivity contribution is -0.0501. The van der Waals surface area contributed by atoms with Gasteiger partial charge in [0.25, 0.3) is 0 Å². The molecule has 0 radical (unpaired) electrons. The number of ether oxygens (including phenoxy) is 1. The first-order valence-electron chi connectivity index (χ1n) is 4.63. The number of halogens is 2. The first-order chi connectivity index (χ1) is 7.04. The predicted octanol–water partition coefficient (Wildman–Crippen LogP) is 3.05. The lowest BCUT2D eigenvalue weighted by Gasteiger charge is -2.09. The number of carbonyl (C=O) groups excluding carboxylic acids is 1. The quantitative estimate of drug-likeness (QED) is 0.720. The van der Waals surface area contributed by atoms with Crippen LogP contribution in [0.1, 0.15) is 29.8 Å². The van der Waals surface area contributed by atoms with Crippen molar-refractivity contribution in [3.05, 3.63) is 29.3 Å². The van der Waals surface area contributed by atoms with Gasteiger partial charge in [-0.25, -0.2) is 0 Å². The van der Waals surface area contributed by atoms with Gasteiger partial charge in [0.2, 0.25) is 0 Å². The fourth-order valence-corrected chi connectivity index (χ4v) is 1.27. The molecule has 4 heteroatoms. The number of hydrogen-bond acceptors (Lipinski definition) is 2. The maximum Gasteiger partial charge on any atom is 0.387 e. The number of carbonyl (C=O) groups is 1. The highest BCUT2D eigenvalue weighted by atomic mass is 19.3. The summed E-state index contributed by atoms with van der Waals surface area (Å²) in [6.07, 6.45) is 0.706. The summed E-state index contributed by atoms with van der Waals surface area (Å²) >= 11 is 0. The molecule has 1 aromatic rings. The molecule has 0 heterocycles. The van der Waals surface area contributed by atoms with Crippen LogP contribution in [0.25, 0.3) is 0 Å². The Hall–Kier alpha value is -1.45. The Kier molecular flexibility index (Phi) is 3.77. The predicted molar refractivity (Wildman–Crippen MR) is 52.5 cm³/mol. The van der Waals surface area contributed by atoms with Crippen molar-refractivity contribution in [2.24, 2.45) is 0 Å². The number of benzene rings is 1. The maximum atomic E-state index is 12.1. The van der Waals surface area contributed by atoms with E-state index in [9.17, 15) is 13.6 Å². The van der Waals surface area contributed by atoms with Crippen LogP contribution in [0.3, 0.4) is 0 Å². The van der Waals surface area contributed by atoms with Crippen LogP contribution in [0.2, 0.25) is 0 Å². The van der Waals surface area contributed by atoms with Crippen LogP contribution in [0.15, 0.2) is 18.2 Å². The summed E-state index contributed by atoms with van der Waals surface area (Å²) in [5.74, 6) is -0.329. The van der Waals surface area contributed by atoms with Gasteiger partial charge in [-0.05, 0) is 31.0 Å². The first-order valence-corrected chi connectivity index (χ1v) is 4.63. The van der Waals surface area contributed by atoms with Gasteiger partial charge in [0.05, 0.1) is 5.56 Å². The molecule has 0 amide bonds. The maximum absolute atomic E-state index is 12.1. The molecule has 0 saturated carbocycles. The van der Waals surface area contributed by atoms with E-state index in [0.29, 0.717) is 6.42 Å². The summed E-state index contributed by atoms with van der Waals surface area (Å²) in [5, 5.41) is 0. The molecular weight excluding hydrogens is 202 g/mol. The Bertz CT molecular complexity index is 362. The number of alkyl halides is 2. The van der Waals surface area contributed by atoms with E-state index in [1.165, 1.54) is 19.1 Å². The molecule has 0 saturated heterocycles. The molecule has 15 heavy (non-hydrogen) atoms. The molecule has 0 spiro atoms. The van der Waals surface area contributed by atoms with Gasteiger partial charge in [-0.3, -0.25) is 4.79 Å². The van der Waals surface area contributed by atoms with E-state index in [-0.39, 0.29) is 17.1 Å². The minimum Gasteiger partial charge on any atom is -0.434 e. The van der Waals surface area contributed by atoms with Crippen molar-refractivity contribution in [2.75, 3.05) is 0 Å².